The Kier molecular flexibility index (Phi) is 6.71. The standard InChI is InChI=1S/C22H26FN3O6/c1-16-19(13-24-32-16)21(28)26-8-11-31-22(14-26,12-20(27)25-6-9-29-10-7-25)15-30-18-4-2-17(23)3-5-18/h2-5,13H,6-12,14-15H2,1H3. The summed E-state index contributed by atoms with van der Waals surface area (Å²) in [5.74, 6) is 0.179. The van der Waals surface area contributed by atoms with E-state index in [1.54, 1.807) is 16.7 Å². The summed E-state index contributed by atoms with van der Waals surface area (Å²) in [6, 6.07) is 5.62. The van der Waals surface area contributed by atoms with Crippen LogP contribution < -0.4 is 4.74 Å². The van der Waals surface area contributed by atoms with Gasteiger partial charge in [0.05, 0.1) is 39.0 Å². The highest BCUT2D eigenvalue weighted by Gasteiger charge is 2.43. The SMILES string of the molecule is Cc1oncc1C(=O)N1CCOC(COc2ccc(F)cc2)(CC(=O)N2CCOCC2)C1. The molecular weight excluding hydrogens is 421 g/mol. The van der Waals surface area contributed by atoms with E-state index in [0.717, 1.165) is 0 Å². The molecular formula is C22H26FN3O6. The zero-order valence-electron chi connectivity index (χ0n) is 17.9. The Balaban J connectivity index is 1.52. The van der Waals surface area contributed by atoms with Crippen molar-refractivity contribution >= 4 is 11.8 Å². The predicted octanol–water partition coefficient (Wildman–Crippen LogP) is 1.66. The Morgan fingerprint density at radius 1 is 1.12 bits per heavy atom. The second-order valence-electron chi connectivity index (χ2n) is 7.97. The molecule has 1 atom stereocenters. The van der Waals surface area contributed by atoms with Crippen LogP contribution in [-0.4, -0.2) is 85.0 Å². The number of rotatable bonds is 6. The smallest absolute Gasteiger partial charge is 0.259 e. The first-order valence-corrected chi connectivity index (χ1v) is 10.5. The number of benzene rings is 1. The number of carbonyl (C=O) groups excluding carboxylic acids is 2. The van der Waals surface area contributed by atoms with Crippen LogP contribution in [0.25, 0.3) is 0 Å². The molecule has 2 amide bonds. The van der Waals surface area contributed by atoms with E-state index in [4.69, 9.17) is 18.7 Å². The largest absolute Gasteiger partial charge is 0.490 e. The topological polar surface area (TPSA) is 94.3 Å². The monoisotopic (exact) mass is 447 g/mol. The van der Waals surface area contributed by atoms with E-state index in [1.165, 1.54) is 30.5 Å². The van der Waals surface area contributed by atoms with Gasteiger partial charge in [-0.1, -0.05) is 5.16 Å². The molecule has 0 aliphatic carbocycles. The molecule has 0 N–H and O–H groups in total. The lowest BCUT2D eigenvalue weighted by Gasteiger charge is -2.43. The number of hydrogen-bond acceptors (Lipinski definition) is 7. The molecule has 32 heavy (non-hydrogen) atoms. The quantitative estimate of drug-likeness (QED) is 0.665. The molecule has 9 nitrogen and oxygen atoms in total. The van der Waals surface area contributed by atoms with Crippen molar-refractivity contribution < 1.29 is 32.7 Å². The molecule has 2 aromatic rings. The van der Waals surface area contributed by atoms with Crippen LogP contribution in [0.1, 0.15) is 22.5 Å². The van der Waals surface area contributed by atoms with Crippen LogP contribution in [0.5, 0.6) is 5.75 Å². The second kappa shape index (κ2) is 9.66. The number of carbonyl (C=O) groups is 2. The minimum Gasteiger partial charge on any atom is -0.490 e. The maximum Gasteiger partial charge on any atom is 0.259 e. The summed E-state index contributed by atoms with van der Waals surface area (Å²) in [4.78, 5) is 29.5. The maximum absolute atomic E-state index is 13.2. The van der Waals surface area contributed by atoms with Crippen molar-refractivity contribution in [3.63, 3.8) is 0 Å². The third-order valence-electron chi connectivity index (χ3n) is 5.67. The molecule has 2 saturated heterocycles. The summed E-state index contributed by atoms with van der Waals surface area (Å²) in [7, 11) is 0. The van der Waals surface area contributed by atoms with Gasteiger partial charge in [-0.15, -0.1) is 0 Å². The first-order valence-electron chi connectivity index (χ1n) is 10.5. The summed E-state index contributed by atoms with van der Waals surface area (Å²) < 4.78 is 35.6. The Bertz CT molecular complexity index is 943. The number of morpholine rings is 2. The molecule has 10 heteroatoms. The van der Waals surface area contributed by atoms with Gasteiger partial charge in [0.1, 0.15) is 35.1 Å². The van der Waals surface area contributed by atoms with Gasteiger partial charge in [-0.3, -0.25) is 9.59 Å². The van der Waals surface area contributed by atoms with Crippen molar-refractivity contribution in [2.45, 2.75) is 18.9 Å². The summed E-state index contributed by atoms with van der Waals surface area (Å²) in [6.45, 7) is 4.48. The van der Waals surface area contributed by atoms with E-state index in [2.05, 4.69) is 5.16 Å². The molecule has 1 unspecified atom stereocenters. The highest BCUT2D eigenvalue weighted by molar-refractivity contribution is 5.95. The van der Waals surface area contributed by atoms with Gasteiger partial charge in [0.15, 0.2) is 0 Å². The van der Waals surface area contributed by atoms with Crippen LogP contribution in [0.3, 0.4) is 0 Å². The maximum atomic E-state index is 13.2. The van der Waals surface area contributed by atoms with Gasteiger partial charge in [0.2, 0.25) is 5.91 Å². The summed E-state index contributed by atoms with van der Waals surface area (Å²) in [5.41, 5.74) is -0.678. The molecule has 1 aromatic carbocycles. The number of hydrogen-bond donors (Lipinski definition) is 0. The van der Waals surface area contributed by atoms with E-state index in [0.29, 0.717) is 49.9 Å². The van der Waals surface area contributed by atoms with Crippen molar-refractivity contribution in [1.29, 1.82) is 0 Å². The summed E-state index contributed by atoms with van der Waals surface area (Å²) in [5, 5.41) is 3.68. The van der Waals surface area contributed by atoms with Crippen LogP contribution in [-0.2, 0) is 14.3 Å². The molecule has 0 saturated carbocycles. The van der Waals surface area contributed by atoms with Crippen molar-refractivity contribution in [2.75, 3.05) is 52.6 Å². The molecule has 4 rings (SSSR count). The number of halogens is 1. The zero-order chi connectivity index (χ0) is 22.6. The van der Waals surface area contributed by atoms with Gasteiger partial charge < -0.3 is 28.5 Å². The van der Waals surface area contributed by atoms with Crippen molar-refractivity contribution in [3.05, 3.63) is 47.6 Å². The van der Waals surface area contributed by atoms with E-state index in [1.807, 2.05) is 0 Å². The van der Waals surface area contributed by atoms with Gasteiger partial charge in [-0.2, -0.15) is 0 Å². The third kappa shape index (κ3) is 5.08. The van der Waals surface area contributed by atoms with Crippen molar-refractivity contribution in [1.82, 2.24) is 15.0 Å². The van der Waals surface area contributed by atoms with Crippen LogP contribution in [0.4, 0.5) is 4.39 Å². The molecule has 0 bridgehead atoms. The fraction of sp³-hybridized carbons (Fsp3) is 0.500. The van der Waals surface area contributed by atoms with E-state index in [9.17, 15) is 14.0 Å². The average Bonchev–Trinajstić information content (AvgIpc) is 3.25. The van der Waals surface area contributed by atoms with Gasteiger partial charge >= 0.3 is 0 Å². The Morgan fingerprint density at radius 2 is 1.84 bits per heavy atom. The Hall–Kier alpha value is -2.98. The van der Waals surface area contributed by atoms with Crippen molar-refractivity contribution in [2.24, 2.45) is 0 Å². The highest BCUT2D eigenvalue weighted by atomic mass is 19.1. The summed E-state index contributed by atoms with van der Waals surface area (Å²) >= 11 is 0. The normalized spacial score (nSPS) is 21.4. The van der Waals surface area contributed by atoms with Gasteiger partial charge in [-0.25, -0.2) is 4.39 Å². The van der Waals surface area contributed by atoms with Crippen LogP contribution in [0.15, 0.2) is 35.0 Å². The first-order chi connectivity index (χ1) is 15.5. The molecule has 1 aromatic heterocycles. The number of ether oxygens (including phenoxy) is 3. The van der Waals surface area contributed by atoms with E-state index in [-0.39, 0.29) is 43.8 Å². The zero-order valence-corrected chi connectivity index (χ0v) is 17.9. The van der Waals surface area contributed by atoms with E-state index < -0.39 is 5.60 Å². The Labute approximate surface area is 185 Å². The fourth-order valence-corrected chi connectivity index (χ4v) is 3.88. The lowest BCUT2D eigenvalue weighted by Crippen LogP contribution is -2.58. The number of nitrogens with zero attached hydrogens (tertiary/aromatic N) is 3. The van der Waals surface area contributed by atoms with Crippen molar-refractivity contribution in [3.8, 4) is 5.75 Å². The summed E-state index contributed by atoms with van der Waals surface area (Å²) in [6.07, 6.45) is 1.43. The molecule has 2 aliphatic rings. The van der Waals surface area contributed by atoms with E-state index >= 15 is 0 Å². The first kappa shape index (κ1) is 22.2. The van der Waals surface area contributed by atoms with Crippen LogP contribution in [0.2, 0.25) is 0 Å². The van der Waals surface area contributed by atoms with Crippen LogP contribution >= 0.6 is 0 Å². The van der Waals surface area contributed by atoms with Crippen LogP contribution in [0, 0.1) is 12.7 Å². The highest BCUT2D eigenvalue weighted by Crippen LogP contribution is 2.27. The molecule has 2 fully saturated rings. The minimum atomic E-state index is -1.05. The molecule has 0 spiro atoms. The number of amides is 2. The minimum absolute atomic E-state index is 0.0289. The third-order valence-corrected chi connectivity index (χ3v) is 5.67. The second-order valence-corrected chi connectivity index (χ2v) is 7.97. The molecule has 172 valence electrons. The molecule has 3 heterocycles. The average molecular weight is 447 g/mol. The lowest BCUT2D eigenvalue weighted by atomic mass is 9.96. The molecule has 2 aliphatic heterocycles. The van der Waals surface area contributed by atoms with Gasteiger partial charge in [0.25, 0.3) is 5.91 Å². The fourth-order valence-electron chi connectivity index (χ4n) is 3.88. The number of aromatic nitrogens is 1. The lowest BCUT2D eigenvalue weighted by molar-refractivity contribution is -0.155. The molecule has 0 radical (unpaired) electrons. The predicted molar refractivity (Wildman–Crippen MR) is 110 cm³/mol. The van der Waals surface area contributed by atoms with Gasteiger partial charge in [-0.05, 0) is 31.2 Å². The van der Waals surface area contributed by atoms with Gasteiger partial charge in [0, 0.05) is 19.6 Å². The Morgan fingerprint density at radius 3 is 2.53 bits per heavy atom. The number of aryl methyl sites for hydroxylation is 1.